The molecule has 0 unspecified atom stereocenters. The van der Waals surface area contributed by atoms with Crippen molar-refractivity contribution in [3.63, 3.8) is 0 Å². The lowest BCUT2D eigenvalue weighted by Gasteiger charge is -2.33. The molecule has 3 heterocycles. The first kappa shape index (κ1) is 18.7. The summed E-state index contributed by atoms with van der Waals surface area (Å²) in [5, 5.41) is 2.88. The number of hydrogen-bond donors (Lipinski definition) is 1. The highest BCUT2D eigenvalue weighted by Gasteiger charge is 2.20. The Morgan fingerprint density at radius 3 is 2.58 bits per heavy atom. The Hall–Kier alpha value is -2.12. The maximum absolute atomic E-state index is 12.1. The SMILES string of the molecule is CC(C)CCNC(=O)c1coc(CN2CCN(Cc3ccoc3)CC2)n1. The van der Waals surface area contributed by atoms with Crippen molar-refractivity contribution < 1.29 is 13.6 Å². The molecular formula is C19H28N4O3. The van der Waals surface area contributed by atoms with Crippen molar-refractivity contribution in [1.29, 1.82) is 0 Å². The molecule has 7 nitrogen and oxygen atoms in total. The number of furan rings is 1. The zero-order valence-corrected chi connectivity index (χ0v) is 15.6. The van der Waals surface area contributed by atoms with Crippen LogP contribution in [0, 0.1) is 5.92 Å². The van der Waals surface area contributed by atoms with E-state index in [-0.39, 0.29) is 5.91 Å². The Kier molecular flexibility index (Phi) is 6.46. The van der Waals surface area contributed by atoms with Crippen molar-refractivity contribution in [2.75, 3.05) is 32.7 Å². The van der Waals surface area contributed by atoms with Gasteiger partial charge in [-0.25, -0.2) is 4.98 Å². The molecule has 1 aliphatic heterocycles. The molecule has 1 saturated heterocycles. The van der Waals surface area contributed by atoms with Crippen LogP contribution in [0.5, 0.6) is 0 Å². The summed E-state index contributed by atoms with van der Waals surface area (Å²) in [6.45, 7) is 10.4. The predicted molar refractivity (Wildman–Crippen MR) is 97.6 cm³/mol. The smallest absolute Gasteiger partial charge is 0.273 e. The fourth-order valence-corrected chi connectivity index (χ4v) is 2.99. The number of oxazole rings is 1. The van der Waals surface area contributed by atoms with E-state index in [4.69, 9.17) is 8.83 Å². The number of carbonyl (C=O) groups excluding carboxylic acids is 1. The molecule has 0 radical (unpaired) electrons. The van der Waals surface area contributed by atoms with E-state index in [9.17, 15) is 4.79 Å². The zero-order chi connectivity index (χ0) is 18.4. The Morgan fingerprint density at radius 1 is 1.19 bits per heavy atom. The third kappa shape index (κ3) is 5.44. The number of hydrogen-bond acceptors (Lipinski definition) is 6. The lowest BCUT2D eigenvalue weighted by molar-refractivity contribution is 0.0946. The highest BCUT2D eigenvalue weighted by Crippen LogP contribution is 2.12. The molecule has 0 aliphatic carbocycles. The summed E-state index contributed by atoms with van der Waals surface area (Å²) in [5.74, 6) is 1.00. The highest BCUT2D eigenvalue weighted by molar-refractivity contribution is 5.91. The summed E-state index contributed by atoms with van der Waals surface area (Å²) in [6, 6.07) is 2.01. The lowest BCUT2D eigenvalue weighted by Crippen LogP contribution is -2.45. The van der Waals surface area contributed by atoms with Crippen LogP contribution in [0.3, 0.4) is 0 Å². The minimum absolute atomic E-state index is 0.161. The molecule has 0 saturated carbocycles. The van der Waals surface area contributed by atoms with Gasteiger partial charge >= 0.3 is 0 Å². The van der Waals surface area contributed by atoms with Gasteiger partial charge in [-0.05, 0) is 18.4 Å². The first-order chi connectivity index (χ1) is 12.6. The molecular weight excluding hydrogens is 332 g/mol. The first-order valence-corrected chi connectivity index (χ1v) is 9.28. The van der Waals surface area contributed by atoms with E-state index in [1.807, 2.05) is 6.07 Å². The Morgan fingerprint density at radius 2 is 1.92 bits per heavy atom. The molecule has 0 aromatic carbocycles. The number of carbonyl (C=O) groups is 1. The summed E-state index contributed by atoms with van der Waals surface area (Å²) in [5.41, 5.74) is 1.57. The average Bonchev–Trinajstić information content (AvgIpc) is 3.28. The van der Waals surface area contributed by atoms with Gasteiger partial charge in [0, 0.05) is 44.8 Å². The Balaban J connectivity index is 1.41. The summed E-state index contributed by atoms with van der Waals surface area (Å²) in [7, 11) is 0. The first-order valence-electron chi connectivity index (χ1n) is 9.28. The van der Waals surface area contributed by atoms with E-state index < -0.39 is 0 Å². The fourth-order valence-electron chi connectivity index (χ4n) is 2.99. The molecule has 1 N–H and O–H groups in total. The fraction of sp³-hybridized carbons (Fsp3) is 0.579. The van der Waals surface area contributed by atoms with Crippen LogP contribution in [0.1, 0.15) is 42.2 Å². The molecule has 7 heteroatoms. The molecule has 1 fully saturated rings. The van der Waals surface area contributed by atoms with Gasteiger partial charge in [-0.3, -0.25) is 14.6 Å². The number of aromatic nitrogens is 1. The summed E-state index contributed by atoms with van der Waals surface area (Å²) in [4.78, 5) is 21.1. The van der Waals surface area contributed by atoms with Gasteiger partial charge in [0.25, 0.3) is 5.91 Å². The largest absolute Gasteiger partial charge is 0.472 e. The van der Waals surface area contributed by atoms with E-state index in [1.54, 1.807) is 12.5 Å². The van der Waals surface area contributed by atoms with Crippen LogP contribution in [-0.4, -0.2) is 53.4 Å². The summed E-state index contributed by atoms with van der Waals surface area (Å²) < 4.78 is 10.6. The maximum atomic E-state index is 12.1. The van der Waals surface area contributed by atoms with Crippen LogP contribution in [0.2, 0.25) is 0 Å². The van der Waals surface area contributed by atoms with E-state index in [0.717, 1.165) is 39.1 Å². The van der Waals surface area contributed by atoms with Gasteiger partial charge in [0.05, 0.1) is 19.1 Å². The summed E-state index contributed by atoms with van der Waals surface area (Å²) in [6.07, 6.45) is 5.92. The van der Waals surface area contributed by atoms with Crippen molar-refractivity contribution in [3.05, 3.63) is 42.0 Å². The lowest BCUT2D eigenvalue weighted by atomic mass is 10.1. The average molecular weight is 360 g/mol. The van der Waals surface area contributed by atoms with Gasteiger partial charge in [0.15, 0.2) is 5.69 Å². The molecule has 3 rings (SSSR count). The molecule has 2 aromatic heterocycles. The van der Waals surface area contributed by atoms with Gasteiger partial charge in [0.1, 0.15) is 6.26 Å². The normalized spacial score (nSPS) is 16.3. The van der Waals surface area contributed by atoms with Crippen LogP contribution in [0.4, 0.5) is 0 Å². The second kappa shape index (κ2) is 9.00. The third-order valence-electron chi connectivity index (χ3n) is 4.60. The minimum Gasteiger partial charge on any atom is -0.472 e. The van der Waals surface area contributed by atoms with Crippen molar-refractivity contribution in [3.8, 4) is 0 Å². The van der Waals surface area contributed by atoms with Crippen molar-refractivity contribution in [2.24, 2.45) is 5.92 Å². The minimum atomic E-state index is -0.161. The second-order valence-electron chi connectivity index (χ2n) is 7.25. The highest BCUT2D eigenvalue weighted by atomic mass is 16.3. The molecule has 0 spiro atoms. The van der Waals surface area contributed by atoms with E-state index in [2.05, 4.69) is 33.9 Å². The Labute approximate surface area is 154 Å². The van der Waals surface area contributed by atoms with Gasteiger partial charge in [-0.2, -0.15) is 0 Å². The van der Waals surface area contributed by atoms with Gasteiger partial charge in [-0.1, -0.05) is 13.8 Å². The molecule has 2 aromatic rings. The quantitative estimate of drug-likeness (QED) is 0.779. The zero-order valence-electron chi connectivity index (χ0n) is 15.6. The Bertz CT molecular complexity index is 673. The van der Waals surface area contributed by atoms with Crippen molar-refractivity contribution in [2.45, 2.75) is 33.4 Å². The van der Waals surface area contributed by atoms with Gasteiger partial charge in [0.2, 0.25) is 5.89 Å². The molecule has 142 valence electrons. The van der Waals surface area contributed by atoms with Crippen LogP contribution in [0.25, 0.3) is 0 Å². The molecule has 1 amide bonds. The molecule has 26 heavy (non-hydrogen) atoms. The number of nitrogens with zero attached hydrogens (tertiary/aromatic N) is 3. The van der Waals surface area contributed by atoms with Crippen LogP contribution >= 0.6 is 0 Å². The molecule has 0 bridgehead atoms. The standard InChI is InChI=1S/C19H28N4O3/c1-15(2)3-5-20-19(24)17-14-26-18(21-17)12-23-8-6-22(7-9-23)11-16-4-10-25-13-16/h4,10,13-15H,3,5-9,11-12H2,1-2H3,(H,20,24). The molecule has 1 aliphatic rings. The predicted octanol–water partition coefficient (Wildman–Crippen LogP) is 2.36. The monoisotopic (exact) mass is 360 g/mol. The van der Waals surface area contributed by atoms with Crippen LogP contribution in [0.15, 0.2) is 33.7 Å². The number of amides is 1. The van der Waals surface area contributed by atoms with Crippen LogP contribution in [-0.2, 0) is 13.1 Å². The van der Waals surface area contributed by atoms with E-state index in [0.29, 0.717) is 30.6 Å². The number of rotatable bonds is 8. The van der Waals surface area contributed by atoms with Gasteiger partial charge < -0.3 is 14.2 Å². The summed E-state index contributed by atoms with van der Waals surface area (Å²) >= 11 is 0. The third-order valence-corrected chi connectivity index (χ3v) is 4.60. The number of nitrogens with one attached hydrogen (secondary N) is 1. The second-order valence-corrected chi connectivity index (χ2v) is 7.25. The van der Waals surface area contributed by atoms with E-state index >= 15 is 0 Å². The van der Waals surface area contributed by atoms with Gasteiger partial charge in [-0.15, -0.1) is 0 Å². The van der Waals surface area contributed by atoms with Crippen LogP contribution < -0.4 is 5.32 Å². The topological polar surface area (TPSA) is 74.8 Å². The van der Waals surface area contributed by atoms with E-state index in [1.165, 1.54) is 11.8 Å². The van der Waals surface area contributed by atoms with Crippen molar-refractivity contribution in [1.82, 2.24) is 20.1 Å². The van der Waals surface area contributed by atoms with Crippen molar-refractivity contribution >= 4 is 5.91 Å². The maximum Gasteiger partial charge on any atom is 0.273 e. The number of piperazine rings is 1. The molecule has 0 atom stereocenters.